The smallest absolute Gasteiger partial charge is 0.323 e. The van der Waals surface area contributed by atoms with Crippen molar-refractivity contribution in [3.63, 3.8) is 0 Å². The molecule has 1 aliphatic rings. The molecule has 1 fully saturated rings. The topological polar surface area (TPSA) is 69.6 Å². The minimum Gasteiger partial charge on any atom is -0.480 e. The van der Waals surface area contributed by atoms with Gasteiger partial charge in [-0.2, -0.15) is 0 Å². The molecule has 1 aromatic rings. The molecule has 0 spiro atoms. The first-order chi connectivity index (χ1) is 9.93. The Morgan fingerprint density at radius 1 is 1.29 bits per heavy atom. The molecule has 2 rings (SSSR count). The maximum absolute atomic E-state index is 12.1. The summed E-state index contributed by atoms with van der Waals surface area (Å²) in [6.07, 6.45) is 2.08. The van der Waals surface area contributed by atoms with Crippen LogP contribution in [0.25, 0.3) is 0 Å². The summed E-state index contributed by atoms with van der Waals surface area (Å²) in [5.41, 5.74) is 1.36. The quantitative estimate of drug-likeness (QED) is 0.834. The number of nitrogens with zero attached hydrogens (tertiary/aromatic N) is 1. The van der Waals surface area contributed by atoms with Gasteiger partial charge in [0.2, 0.25) is 5.91 Å². The molecule has 0 unspecified atom stereocenters. The number of hydrogen-bond acceptors (Lipinski definition) is 3. The normalized spacial score (nSPS) is 16.1. The van der Waals surface area contributed by atoms with Crippen LogP contribution in [0, 0.1) is 6.92 Å². The molecule has 0 atom stereocenters. The summed E-state index contributed by atoms with van der Waals surface area (Å²) in [4.78, 5) is 24.9. The highest BCUT2D eigenvalue weighted by molar-refractivity contribution is 5.83. The van der Waals surface area contributed by atoms with Crippen LogP contribution in [0.3, 0.4) is 0 Å². The third-order valence-corrected chi connectivity index (χ3v) is 4.16. The van der Waals surface area contributed by atoms with Crippen molar-refractivity contribution in [3.05, 3.63) is 35.4 Å². The third kappa shape index (κ3) is 3.61. The number of rotatable bonds is 6. The molecule has 114 valence electrons. The van der Waals surface area contributed by atoms with E-state index in [0.29, 0.717) is 19.4 Å². The zero-order chi connectivity index (χ0) is 15.5. The predicted molar refractivity (Wildman–Crippen MR) is 79.9 cm³/mol. The molecular formula is C16H22N2O3. The Morgan fingerprint density at radius 2 is 1.90 bits per heavy atom. The van der Waals surface area contributed by atoms with Crippen molar-refractivity contribution in [3.8, 4) is 0 Å². The van der Waals surface area contributed by atoms with Gasteiger partial charge in [0.15, 0.2) is 0 Å². The zero-order valence-corrected chi connectivity index (χ0v) is 12.6. The van der Waals surface area contributed by atoms with Crippen LogP contribution in [-0.4, -0.2) is 41.0 Å². The number of aliphatic carboxylic acids is 1. The fourth-order valence-corrected chi connectivity index (χ4v) is 2.43. The Morgan fingerprint density at radius 3 is 2.38 bits per heavy atom. The number of amides is 1. The standard InChI is InChI=1S/C16H22N2O3/c1-12-4-6-13(7-5-12)11-18(2)14(19)10-17-16(15(20)21)8-3-9-16/h4-7,17H,3,8-11H2,1-2H3,(H,20,21). The van der Waals surface area contributed by atoms with E-state index in [1.165, 1.54) is 5.56 Å². The van der Waals surface area contributed by atoms with E-state index in [2.05, 4.69) is 5.32 Å². The molecule has 21 heavy (non-hydrogen) atoms. The van der Waals surface area contributed by atoms with E-state index in [-0.39, 0.29) is 12.5 Å². The molecule has 1 aromatic carbocycles. The lowest BCUT2D eigenvalue weighted by Crippen LogP contribution is -2.59. The van der Waals surface area contributed by atoms with Gasteiger partial charge in [0, 0.05) is 13.6 Å². The average Bonchev–Trinajstić information content (AvgIpc) is 2.39. The Balaban J connectivity index is 1.85. The van der Waals surface area contributed by atoms with Gasteiger partial charge in [-0.15, -0.1) is 0 Å². The number of carbonyl (C=O) groups excluding carboxylic acids is 1. The molecule has 2 N–H and O–H groups in total. The molecule has 1 amide bonds. The van der Waals surface area contributed by atoms with E-state index < -0.39 is 11.5 Å². The summed E-state index contributed by atoms with van der Waals surface area (Å²) < 4.78 is 0. The van der Waals surface area contributed by atoms with Crippen LogP contribution in [-0.2, 0) is 16.1 Å². The molecule has 1 saturated carbocycles. The highest BCUT2D eigenvalue weighted by Gasteiger charge is 2.44. The van der Waals surface area contributed by atoms with Gasteiger partial charge >= 0.3 is 5.97 Å². The second kappa shape index (κ2) is 6.26. The lowest BCUT2D eigenvalue weighted by atomic mass is 9.77. The molecule has 5 heteroatoms. The fraction of sp³-hybridized carbons (Fsp3) is 0.500. The highest BCUT2D eigenvalue weighted by atomic mass is 16.4. The Labute approximate surface area is 125 Å². The van der Waals surface area contributed by atoms with Crippen molar-refractivity contribution < 1.29 is 14.7 Å². The first-order valence-corrected chi connectivity index (χ1v) is 7.21. The minimum atomic E-state index is -0.889. The van der Waals surface area contributed by atoms with Gasteiger partial charge in [0.1, 0.15) is 5.54 Å². The second-order valence-electron chi connectivity index (χ2n) is 5.83. The summed E-state index contributed by atoms with van der Waals surface area (Å²) in [6.45, 7) is 2.61. The summed E-state index contributed by atoms with van der Waals surface area (Å²) in [5, 5.41) is 12.1. The monoisotopic (exact) mass is 290 g/mol. The van der Waals surface area contributed by atoms with Crippen LogP contribution >= 0.6 is 0 Å². The number of aryl methyl sites for hydroxylation is 1. The van der Waals surface area contributed by atoms with Crippen molar-refractivity contribution in [2.75, 3.05) is 13.6 Å². The van der Waals surface area contributed by atoms with Crippen LogP contribution in [0.15, 0.2) is 24.3 Å². The number of carboxylic acid groups (broad SMARTS) is 1. The maximum Gasteiger partial charge on any atom is 0.323 e. The van der Waals surface area contributed by atoms with Crippen LogP contribution in [0.2, 0.25) is 0 Å². The molecule has 0 heterocycles. The molecule has 0 bridgehead atoms. The van der Waals surface area contributed by atoms with Gasteiger partial charge in [-0.05, 0) is 31.7 Å². The first kappa shape index (κ1) is 15.5. The van der Waals surface area contributed by atoms with Crippen LogP contribution < -0.4 is 5.32 Å². The molecule has 1 aliphatic carbocycles. The first-order valence-electron chi connectivity index (χ1n) is 7.21. The molecule has 5 nitrogen and oxygen atoms in total. The predicted octanol–water partition coefficient (Wildman–Crippen LogP) is 1.55. The molecular weight excluding hydrogens is 268 g/mol. The van der Waals surface area contributed by atoms with Gasteiger partial charge in [-0.3, -0.25) is 14.9 Å². The summed E-state index contributed by atoms with van der Waals surface area (Å²) in [6, 6.07) is 8.02. The van der Waals surface area contributed by atoms with Crippen molar-refractivity contribution in [2.24, 2.45) is 0 Å². The Kier molecular flexibility index (Phi) is 4.63. The van der Waals surface area contributed by atoms with Gasteiger partial charge in [0.05, 0.1) is 6.54 Å². The van der Waals surface area contributed by atoms with E-state index in [4.69, 9.17) is 0 Å². The van der Waals surface area contributed by atoms with Crippen LogP contribution in [0.4, 0.5) is 0 Å². The van der Waals surface area contributed by atoms with Gasteiger partial charge in [-0.1, -0.05) is 29.8 Å². The third-order valence-electron chi connectivity index (χ3n) is 4.16. The number of hydrogen-bond donors (Lipinski definition) is 2. The van der Waals surface area contributed by atoms with E-state index >= 15 is 0 Å². The minimum absolute atomic E-state index is 0.0641. The molecule has 0 aliphatic heterocycles. The number of benzene rings is 1. The average molecular weight is 290 g/mol. The number of carbonyl (C=O) groups is 2. The van der Waals surface area contributed by atoms with E-state index in [9.17, 15) is 14.7 Å². The lowest BCUT2D eigenvalue weighted by Gasteiger charge is -2.38. The van der Waals surface area contributed by atoms with Gasteiger partial charge in [-0.25, -0.2) is 0 Å². The molecule has 0 saturated heterocycles. The summed E-state index contributed by atoms with van der Waals surface area (Å²) in [5.74, 6) is -0.953. The summed E-state index contributed by atoms with van der Waals surface area (Å²) in [7, 11) is 1.73. The number of carboxylic acids is 1. The second-order valence-corrected chi connectivity index (χ2v) is 5.83. The number of nitrogens with one attached hydrogen (secondary N) is 1. The SMILES string of the molecule is Cc1ccc(CN(C)C(=O)CNC2(C(=O)O)CCC2)cc1. The van der Waals surface area contributed by atoms with E-state index in [1.54, 1.807) is 11.9 Å². The fourth-order valence-electron chi connectivity index (χ4n) is 2.43. The zero-order valence-electron chi connectivity index (χ0n) is 12.6. The Hall–Kier alpha value is -1.88. The lowest BCUT2D eigenvalue weighted by molar-refractivity contribution is -0.149. The molecule has 0 aromatic heterocycles. The highest BCUT2D eigenvalue weighted by Crippen LogP contribution is 2.31. The van der Waals surface area contributed by atoms with Gasteiger partial charge in [0.25, 0.3) is 0 Å². The van der Waals surface area contributed by atoms with Crippen molar-refractivity contribution in [1.82, 2.24) is 10.2 Å². The van der Waals surface area contributed by atoms with Crippen molar-refractivity contribution >= 4 is 11.9 Å². The van der Waals surface area contributed by atoms with E-state index in [1.807, 2.05) is 31.2 Å². The number of likely N-dealkylation sites (N-methyl/N-ethyl adjacent to an activating group) is 1. The molecule has 0 radical (unpaired) electrons. The Bertz CT molecular complexity index is 521. The van der Waals surface area contributed by atoms with Crippen LogP contribution in [0.1, 0.15) is 30.4 Å². The summed E-state index contributed by atoms with van der Waals surface area (Å²) >= 11 is 0. The largest absolute Gasteiger partial charge is 0.480 e. The van der Waals surface area contributed by atoms with Crippen molar-refractivity contribution in [2.45, 2.75) is 38.3 Å². The maximum atomic E-state index is 12.1. The van der Waals surface area contributed by atoms with Gasteiger partial charge < -0.3 is 10.0 Å². The van der Waals surface area contributed by atoms with E-state index in [0.717, 1.165) is 12.0 Å². The van der Waals surface area contributed by atoms with Crippen molar-refractivity contribution in [1.29, 1.82) is 0 Å². The van der Waals surface area contributed by atoms with Crippen LogP contribution in [0.5, 0.6) is 0 Å².